The molecule has 4 heteroatoms. The van der Waals surface area contributed by atoms with Gasteiger partial charge in [0.15, 0.2) is 0 Å². The van der Waals surface area contributed by atoms with E-state index < -0.39 is 0 Å². The molecule has 0 bridgehead atoms. The van der Waals surface area contributed by atoms with Crippen molar-refractivity contribution in [1.29, 1.82) is 0 Å². The number of nitrogens with one attached hydrogen (secondary N) is 1. The molecule has 1 aliphatic rings. The van der Waals surface area contributed by atoms with Crippen LogP contribution in [0.3, 0.4) is 0 Å². The summed E-state index contributed by atoms with van der Waals surface area (Å²) in [6.07, 6.45) is 7.75. The summed E-state index contributed by atoms with van der Waals surface area (Å²) in [7, 11) is 0. The molecule has 17 heavy (non-hydrogen) atoms. The minimum absolute atomic E-state index is 0.392. The van der Waals surface area contributed by atoms with E-state index in [4.69, 9.17) is 5.84 Å². The first-order valence-corrected chi connectivity index (χ1v) is 7.39. The van der Waals surface area contributed by atoms with E-state index in [9.17, 15) is 0 Å². The number of rotatable bonds is 5. The first-order valence-electron chi connectivity index (χ1n) is 6.58. The number of hydrazine groups is 1. The van der Waals surface area contributed by atoms with Gasteiger partial charge in [0.1, 0.15) is 0 Å². The van der Waals surface area contributed by atoms with Crippen molar-refractivity contribution in [3.05, 3.63) is 15.6 Å². The van der Waals surface area contributed by atoms with Gasteiger partial charge in [0.25, 0.3) is 0 Å². The summed E-state index contributed by atoms with van der Waals surface area (Å²) >= 11 is 1.81. The molecule has 1 fully saturated rings. The van der Waals surface area contributed by atoms with Gasteiger partial charge in [-0.3, -0.25) is 11.3 Å². The fourth-order valence-electron chi connectivity index (χ4n) is 2.70. The molecule has 1 heterocycles. The van der Waals surface area contributed by atoms with Crippen molar-refractivity contribution < 1.29 is 0 Å². The highest BCUT2D eigenvalue weighted by atomic mass is 32.1. The van der Waals surface area contributed by atoms with Gasteiger partial charge >= 0.3 is 0 Å². The highest BCUT2D eigenvalue weighted by Gasteiger charge is 2.20. The fraction of sp³-hybridized carbons (Fsp3) is 0.769. The lowest BCUT2D eigenvalue weighted by Gasteiger charge is -2.18. The number of nitrogens with zero attached hydrogens (tertiary/aromatic N) is 1. The van der Waals surface area contributed by atoms with Gasteiger partial charge < -0.3 is 0 Å². The molecule has 0 spiro atoms. The predicted octanol–water partition coefficient (Wildman–Crippen LogP) is 2.71. The summed E-state index contributed by atoms with van der Waals surface area (Å²) in [5, 5.41) is 1.22. The molecule has 3 nitrogen and oxygen atoms in total. The van der Waals surface area contributed by atoms with Crippen LogP contribution in [0, 0.1) is 19.8 Å². The van der Waals surface area contributed by atoms with E-state index in [-0.39, 0.29) is 0 Å². The Kier molecular flexibility index (Phi) is 4.54. The first kappa shape index (κ1) is 13.0. The van der Waals surface area contributed by atoms with Crippen LogP contribution in [0.25, 0.3) is 0 Å². The lowest BCUT2D eigenvalue weighted by molar-refractivity contribution is 0.389. The zero-order valence-corrected chi connectivity index (χ0v) is 11.6. The highest BCUT2D eigenvalue weighted by molar-refractivity contribution is 7.11. The summed E-state index contributed by atoms with van der Waals surface area (Å²) in [6, 6.07) is 0.392. The van der Waals surface area contributed by atoms with E-state index in [2.05, 4.69) is 24.3 Å². The quantitative estimate of drug-likeness (QED) is 0.626. The summed E-state index contributed by atoms with van der Waals surface area (Å²) in [4.78, 5) is 5.93. The van der Waals surface area contributed by atoms with Crippen LogP contribution in [0.2, 0.25) is 0 Å². The Morgan fingerprint density at radius 3 is 2.65 bits per heavy atom. The SMILES string of the molecule is Cc1nc(CC(CC2CCCC2)NN)sc1C. The van der Waals surface area contributed by atoms with Crippen molar-refractivity contribution in [3.8, 4) is 0 Å². The number of nitrogens with two attached hydrogens (primary N) is 1. The Morgan fingerprint density at radius 1 is 1.41 bits per heavy atom. The smallest absolute Gasteiger partial charge is 0.0946 e. The van der Waals surface area contributed by atoms with Crippen molar-refractivity contribution in [1.82, 2.24) is 10.4 Å². The Hall–Kier alpha value is -0.450. The molecule has 1 atom stereocenters. The predicted molar refractivity (Wildman–Crippen MR) is 73.0 cm³/mol. The summed E-state index contributed by atoms with van der Waals surface area (Å²) < 4.78 is 0. The third-order valence-corrected chi connectivity index (χ3v) is 4.92. The molecule has 96 valence electrons. The number of hydrogen-bond donors (Lipinski definition) is 2. The van der Waals surface area contributed by atoms with Gasteiger partial charge in [-0.1, -0.05) is 25.7 Å². The Morgan fingerprint density at radius 2 is 2.12 bits per heavy atom. The van der Waals surface area contributed by atoms with Crippen LogP contribution in [-0.2, 0) is 6.42 Å². The second kappa shape index (κ2) is 5.94. The minimum Gasteiger partial charge on any atom is -0.271 e. The second-order valence-corrected chi connectivity index (χ2v) is 6.49. The molecule has 0 amide bonds. The highest BCUT2D eigenvalue weighted by Crippen LogP contribution is 2.29. The molecule has 2 rings (SSSR count). The average molecular weight is 253 g/mol. The molecule has 1 aliphatic carbocycles. The topological polar surface area (TPSA) is 50.9 Å². The second-order valence-electron chi connectivity index (χ2n) is 5.20. The Labute approximate surface area is 108 Å². The van der Waals surface area contributed by atoms with E-state index in [0.29, 0.717) is 6.04 Å². The van der Waals surface area contributed by atoms with Crippen LogP contribution in [0.4, 0.5) is 0 Å². The van der Waals surface area contributed by atoms with Gasteiger partial charge in [-0.05, 0) is 26.2 Å². The van der Waals surface area contributed by atoms with Gasteiger partial charge in [0, 0.05) is 17.3 Å². The Balaban J connectivity index is 1.89. The van der Waals surface area contributed by atoms with E-state index in [1.807, 2.05) is 11.3 Å². The van der Waals surface area contributed by atoms with Crippen molar-refractivity contribution in [3.63, 3.8) is 0 Å². The van der Waals surface area contributed by atoms with Crippen molar-refractivity contribution in [2.75, 3.05) is 0 Å². The summed E-state index contributed by atoms with van der Waals surface area (Å²) in [6.45, 7) is 4.22. The van der Waals surface area contributed by atoms with E-state index in [1.54, 1.807) is 0 Å². The molecule has 1 aromatic heterocycles. The third-order valence-electron chi connectivity index (χ3n) is 3.82. The number of aromatic nitrogens is 1. The number of thiazole rings is 1. The molecule has 1 aromatic rings. The number of hydrogen-bond acceptors (Lipinski definition) is 4. The standard InChI is InChI=1S/C13H23N3S/c1-9-10(2)17-13(15-9)8-12(16-14)7-11-5-3-4-6-11/h11-12,16H,3-8,14H2,1-2H3. The average Bonchev–Trinajstić information content (AvgIpc) is 2.89. The molecule has 1 unspecified atom stereocenters. The van der Waals surface area contributed by atoms with Gasteiger partial charge in [-0.2, -0.15) is 0 Å². The van der Waals surface area contributed by atoms with Crippen LogP contribution in [0.1, 0.15) is 47.7 Å². The first-order chi connectivity index (χ1) is 8.19. The molecule has 0 radical (unpaired) electrons. The largest absolute Gasteiger partial charge is 0.271 e. The normalized spacial score (nSPS) is 18.8. The van der Waals surface area contributed by atoms with Gasteiger partial charge in [0.05, 0.1) is 10.7 Å². The molecule has 0 aliphatic heterocycles. The van der Waals surface area contributed by atoms with Crippen molar-refractivity contribution in [2.45, 2.75) is 58.4 Å². The molecule has 1 saturated carbocycles. The molecular weight excluding hydrogens is 230 g/mol. The van der Waals surface area contributed by atoms with Crippen LogP contribution in [0.15, 0.2) is 0 Å². The molecule has 3 N–H and O–H groups in total. The van der Waals surface area contributed by atoms with E-state index in [1.165, 1.54) is 47.7 Å². The van der Waals surface area contributed by atoms with Crippen molar-refractivity contribution >= 4 is 11.3 Å². The lowest BCUT2D eigenvalue weighted by atomic mass is 9.97. The Bertz CT molecular complexity index is 336. The van der Waals surface area contributed by atoms with Crippen LogP contribution in [0.5, 0.6) is 0 Å². The fourth-order valence-corrected chi connectivity index (χ4v) is 3.71. The maximum Gasteiger partial charge on any atom is 0.0946 e. The van der Waals surface area contributed by atoms with E-state index >= 15 is 0 Å². The van der Waals surface area contributed by atoms with E-state index in [0.717, 1.165) is 12.3 Å². The van der Waals surface area contributed by atoms with Crippen LogP contribution >= 0.6 is 11.3 Å². The number of aryl methyl sites for hydroxylation is 2. The summed E-state index contributed by atoms with van der Waals surface area (Å²) in [5.74, 6) is 6.54. The van der Waals surface area contributed by atoms with Gasteiger partial charge in [0.2, 0.25) is 0 Å². The minimum atomic E-state index is 0.392. The van der Waals surface area contributed by atoms with Crippen molar-refractivity contribution in [2.24, 2.45) is 11.8 Å². The van der Waals surface area contributed by atoms with Crippen LogP contribution < -0.4 is 11.3 Å². The summed E-state index contributed by atoms with van der Waals surface area (Å²) in [5.41, 5.74) is 4.14. The maximum atomic E-state index is 5.67. The zero-order valence-electron chi connectivity index (χ0n) is 10.8. The zero-order chi connectivity index (χ0) is 12.3. The molecule has 0 aromatic carbocycles. The van der Waals surface area contributed by atoms with Gasteiger partial charge in [-0.15, -0.1) is 11.3 Å². The molecule has 0 saturated heterocycles. The third kappa shape index (κ3) is 3.50. The lowest BCUT2D eigenvalue weighted by Crippen LogP contribution is -2.38. The van der Waals surface area contributed by atoms with Gasteiger partial charge in [-0.25, -0.2) is 4.98 Å². The monoisotopic (exact) mass is 253 g/mol. The van der Waals surface area contributed by atoms with Crippen LogP contribution in [-0.4, -0.2) is 11.0 Å². The molecular formula is C13H23N3S. The maximum absolute atomic E-state index is 5.67.